The molecule has 0 saturated heterocycles. The maximum atomic E-state index is 12.0. The lowest BCUT2D eigenvalue weighted by atomic mass is 9.91. The minimum Gasteiger partial charge on any atom is -0.454 e. The predicted molar refractivity (Wildman–Crippen MR) is 96.1 cm³/mol. The van der Waals surface area contributed by atoms with E-state index in [4.69, 9.17) is 9.47 Å². The zero-order valence-electron chi connectivity index (χ0n) is 14.2. The number of hydrogen-bond acceptors (Lipinski definition) is 4. The summed E-state index contributed by atoms with van der Waals surface area (Å²) in [4.78, 5) is 12.0. The van der Waals surface area contributed by atoms with Crippen molar-refractivity contribution in [2.24, 2.45) is 0 Å². The van der Waals surface area contributed by atoms with Crippen LogP contribution in [0.15, 0.2) is 47.8 Å². The molecule has 0 radical (unpaired) electrons. The molecular formula is C20H22N2O3. The molecule has 5 nitrogen and oxygen atoms in total. The summed E-state index contributed by atoms with van der Waals surface area (Å²) < 4.78 is 12.6. The van der Waals surface area contributed by atoms with Crippen LogP contribution in [0.5, 0.6) is 11.5 Å². The van der Waals surface area contributed by atoms with Crippen molar-refractivity contribution < 1.29 is 9.47 Å². The van der Waals surface area contributed by atoms with Crippen molar-refractivity contribution in [2.75, 3.05) is 6.79 Å². The molecule has 1 aromatic carbocycles. The van der Waals surface area contributed by atoms with E-state index in [0.29, 0.717) is 19.4 Å². The van der Waals surface area contributed by atoms with Gasteiger partial charge in [0.15, 0.2) is 11.5 Å². The topological polar surface area (TPSA) is 52.5 Å². The van der Waals surface area contributed by atoms with E-state index in [1.54, 1.807) is 12.1 Å². The molecule has 0 saturated carbocycles. The first-order chi connectivity index (χ1) is 12.2. The Hall–Kier alpha value is -2.53. The standard InChI is InChI=1S/C20H22N2O3/c1-2-9-22-17-6-5-16(11-15(17)4-8-20(22)23)21-12-14-3-7-18-19(10-14)25-13-24-18/h2-4,7-8,10,16,21H,1,5-6,9,11-13H2. The van der Waals surface area contributed by atoms with Gasteiger partial charge < -0.3 is 19.4 Å². The van der Waals surface area contributed by atoms with Crippen molar-refractivity contribution in [1.29, 1.82) is 0 Å². The van der Waals surface area contributed by atoms with Crippen LogP contribution in [0.3, 0.4) is 0 Å². The van der Waals surface area contributed by atoms with Crippen LogP contribution in [0.4, 0.5) is 0 Å². The van der Waals surface area contributed by atoms with E-state index in [0.717, 1.165) is 43.0 Å². The summed E-state index contributed by atoms with van der Waals surface area (Å²) in [6.07, 6.45) is 4.67. The van der Waals surface area contributed by atoms with Gasteiger partial charge in [0.1, 0.15) is 0 Å². The van der Waals surface area contributed by atoms with Crippen LogP contribution in [0.2, 0.25) is 0 Å². The predicted octanol–water partition coefficient (Wildman–Crippen LogP) is 2.41. The van der Waals surface area contributed by atoms with Gasteiger partial charge in [0, 0.05) is 30.9 Å². The summed E-state index contributed by atoms with van der Waals surface area (Å²) in [6, 6.07) is 10.1. The lowest BCUT2D eigenvalue weighted by Crippen LogP contribution is -2.37. The Morgan fingerprint density at radius 1 is 1.24 bits per heavy atom. The number of rotatable bonds is 5. The molecule has 2 aromatic rings. The third kappa shape index (κ3) is 3.20. The smallest absolute Gasteiger partial charge is 0.251 e. The first-order valence-corrected chi connectivity index (χ1v) is 8.69. The van der Waals surface area contributed by atoms with Gasteiger partial charge in [-0.2, -0.15) is 0 Å². The third-order valence-electron chi connectivity index (χ3n) is 4.93. The maximum absolute atomic E-state index is 12.0. The van der Waals surface area contributed by atoms with Crippen molar-refractivity contribution in [3.8, 4) is 11.5 Å². The van der Waals surface area contributed by atoms with Crippen molar-refractivity contribution in [3.05, 3.63) is 70.2 Å². The average molecular weight is 338 g/mol. The van der Waals surface area contributed by atoms with Gasteiger partial charge in [-0.15, -0.1) is 6.58 Å². The van der Waals surface area contributed by atoms with E-state index < -0.39 is 0 Å². The highest BCUT2D eigenvalue weighted by Crippen LogP contribution is 2.32. The highest BCUT2D eigenvalue weighted by atomic mass is 16.7. The van der Waals surface area contributed by atoms with E-state index in [1.807, 2.05) is 22.8 Å². The van der Waals surface area contributed by atoms with Gasteiger partial charge in [0.2, 0.25) is 6.79 Å². The van der Waals surface area contributed by atoms with Crippen molar-refractivity contribution in [2.45, 2.75) is 38.4 Å². The molecule has 1 atom stereocenters. The Morgan fingerprint density at radius 2 is 2.12 bits per heavy atom. The number of fused-ring (bicyclic) bond motifs is 2. The number of benzene rings is 1. The number of ether oxygens (including phenoxy) is 2. The molecule has 4 rings (SSSR count). The van der Waals surface area contributed by atoms with Crippen LogP contribution in [-0.2, 0) is 25.9 Å². The molecule has 2 aliphatic rings. The molecule has 1 unspecified atom stereocenters. The van der Waals surface area contributed by atoms with E-state index in [-0.39, 0.29) is 5.56 Å². The van der Waals surface area contributed by atoms with Crippen LogP contribution in [0.25, 0.3) is 0 Å². The SMILES string of the molecule is C=CCn1c2c(ccc1=O)CC(NCc1ccc3c(c1)OCO3)CC2. The van der Waals surface area contributed by atoms with E-state index in [1.165, 1.54) is 11.1 Å². The monoisotopic (exact) mass is 338 g/mol. The summed E-state index contributed by atoms with van der Waals surface area (Å²) in [5.74, 6) is 1.64. The number of aromatic nitrogens is 1. The molecule has 1 aliphatic heterocycles. The van der Waals surface area contributed by atoms with Gasteiger partial charge in [-0.25, -0.2) is 0 Å². The normalized spacial score (nSPS) is 18.0. The third-order valence-corrected chi connectivity index (χ3v) is 4.93. The maximum Gasteiger partial charge on any atom is 0.251 e. The molecule has 0 fully saturated rings. The first-order valence-electron chi connectivity index (χ1n) is 8.69. The molecule has 1 N–H and O–H groups in total. The van der Waals surface area contributed by atoms with E-state index in [9.17, 15) is 4.79 Å². The Labute approximate surface area is 146 Å². The quantitative estimate of drug-likeness (QED) is 0.851. The molecule has 1 aromatic heterocycles. The van der Waals surface area contributed by atoms with Crippen LogP contribution in [0.1, 0.15) is 23.2 Å². The highest BCUT2D eigenvalue weighted by molar-refractivity contribution is 5.44. The zero-order valence-corrected chi connectivity index (χ0v) is 14.2. The summed E-state index contributed by atoms with van der Waals surface area (Å²) in [7, 11) is 0. The molecule has 0 amide bonds. The number of hydrogen-bond donors (Lipinski definition) is 1. The molecule has 2 heterocycles. The highest BCUT2D eigenvalue weighted by Gasteiger charge is 2.21. The molecule has 25 heavy (non-hydrogen) atoms. The molecule has 5 heteroatoms. The van der Waals surface area contributed by atoms with Gasteiger partial charge in [0.25, 0.3) is 5.56 Å². The average Bonchev–Trinajstić information content (AvgIpc) is 3.10. The summed E-state index contributed by atoms with van der Waals surface area (Å²) >= 11 is 0. The lowest BCUT2D eigenvalue weighted by molar-refractivity contribution is 0.174. The summed E-state index contributed by atoms with van der Waals surface area (Å²) in [5, 5.41) is 3.63. The number of allylic oxidation sites excluding steroid dienone is 1. The Kier molecular flexibility index (Phi) is 4.32. The number of nitrogens with zero attached hydrogens (tertiary/aromatic N) is 1. The van der Waals surface area contributed by atoms with E-state index >= 15 is 0 Å². The van der Waals surface area contributed by atoms with Crippen LogP contribution in [0, 0.1) is 0 Å². The van der Waals surface area contributed by atoms with Crippen molar-refractivity contribution >= 4 is 0 Å². The second-order valence-corrected chi connectivity index (χ2v) is 6.55. The Bertz CT molecular complexity index is 857. The second-order valence-electron chi connectivity index (χ2n) is 6.55. The molecule has 0 spiro atoms. The van der Waals surface area contributed by atoms with Crippen LogP contribution in [-0.4, -0.2) is 17.4 Å². The molecule has 1 aliphatic carbocycles. The second kappa shape index (κ2) is 6.76. The Morgan fingerprint density at radius 3 is 3.00 bits per heavy atom. The van der Waals surface area contributed by atoms with Gasteiger partial charge in [-0.1, -0.05) is 18.2 Å². The summed E-state index contributed by atoms with van der Waals surface area (Å²) in [5.41, 5.74) is 3.67. The van der Waals surface area contributed by atoms with Gasteiger partial charge in [-0.05, 0) is 42.5 Å². The van der Waals surface area contributed by atoms with Crippen LogP contribution >= 0.6 is 0 Å². The minimum absolute atomic E-state index is 0.0606. The molecule has 130 valence electrons. The van der Waals surface area contributed by atoms with Crippen molar-refractivity contribution in [1.82, 2.24) is 9.88 Å². The van der Waals surface area contributed by atoms with Gasteiger partial charge in [0.05, 0.1) is 0 Å². The first kappa shape index (κ1) is 16.0. The minimum atomic E-state index is 0.0606. The summed E-state index contributed by atoms with van der Waals surface area (Å²) in [6.45, 7) is 5.44. The van der Waals surface area contributed by atoms with Gasteiger partial charge >= 0.3 is 0 Å². The van der Waals surface area contributed by atoms with Gasteiger partial charge in [-0.3, -0.25) is 4.79 Å². The number of nitrogens with one attached hydrogen (secondary N) is 1. The van der Waals surface area contributed by atoms with Crippen molar-refractivity contribution in [3.63, 3.8) is 0 Å². The fourth-order valence-electron chi connectivity index (χ4n) is 3.64. The largest absolute Gasteiger partial charge is 0.454 e. The number of pyridine rings is 1. The molecule has 0 bridgehead atoms. The van der Waals surface area contributed by atoms with Crippen LogP contribution < -0.4 is 20.3 Å². The molecular weight excluding hydrogens is 316 g/mol. The fraction of sp³-hybridized carbons (Fsp3) is 0.350. The zero-order chi connectivity index (χ0) is 17.2. The fourth-order valence-corrected chi connectivity index (χ4v) is 3.64. The Balaban J connectivity index is 1.43. The van der Waals surface area contributed by atoms with E-state index in [2.05, 4.69) is 18.0 Å². The lowest BCUT2D eigenvalue weighted by Gasteiger charge is -2.27.